The number of nitrogens with zero attached hydrogens (tertiary/aromatic N) is 2. The number of hydrogen-bond acceptors (Lipinski definition) is 4. The Kier molecular flexibility index (Phi) is 4.49. The Morgan fingerprint density at radius 3 is 2.67 bits per heavy atom. The molecule has 5 nitrogen and oxygen atoms in total. The van der Waals surface area contributed by atoms with Crippen LogP contribution in [0.2, 0.25) is 0 Å². The molecule has 0 unspecified atom stereocenters. The van der Waals surface area contributed by atoms with E-state index in [1.165, 1.54) is 11.3 Å². The lowest BCUT2D eigenvalue weighted by Gasteiger charge is -2.25. The summed E-state index contributed by atoms with van der Waals surface area (Å²) >= 11 is 1.48. The third-order valence-electron chi connectivity index (χ3n) is 4.50. The van der Waals surface area contributed by atoms with E-state index in [0.717, 1.165) is 10.1 Å². The first-order chi connectivity index (χ1) is 13.0. The maximum atomic E-state index is 13.1. The molecule has 0 aliphatic heterocycles. The molecule has 0 radical (unpaired) electrons. The van der Waals surface area contributed by atoms with Crippen LogP contribution in [0.4, 0.5) is 0 Å². The Balaban J connectivity index is 1.68. The summed E-state index contributed by atoms with van der Waals surface area (Å²) in [4.78, 5) is 35.2. The average Bonchev–Trinajstić information content (AvgIpc) is 3.10. The van der Waals surface area contributed by atoms with Gasteiger partial charge in [0.1, 0.15) is 5.82 Å². The van der Waals surface area contributed by atoms with Crippen LogP contribution in [0.5, 0.6) is 0 Å². The molecule has 4 aromatic rings. The maximum absolute atomic E-state index is 13.1. The number of carbonyl (C=O) groups excluding carboxylic acids is 1. The molecule has 4 rings (SSSR count). The van der Waals surface area contributed by atoms with Crippen LogP contribution >= 0.6 is 11.3 Å². The quantitative estimate of drug-likeness (QED) is 0.580. The van der Waals surface area contributed by atoms with Gasteiger partial charge >= 0.3 is 0 Å². The Morgan fingerprint density at radius 2 is 1.89 bits per heavy atom. The third-order valence-corrected chi connectivity index (χ3v) is 5.61. The summed E-state index contributed by atoms with van der Waals surface area (Å²) in [7, 11) is 0. The second-order valence-electron chi connectivity index (χ2n) is 6.71. The lowest BCUT2D eigenvalue weighted by atomic mass is 10.2. The molecule has 0 atom stereocenters. The van der Waals surface area contributed by atoms with Crippen molar-refractivity contribution in [1.29, 1.82) is 0 Å². The number of aromatic nitrogens is 2. The summed E-state index contributed by atoms with van der Waals surface area (Å²) in [6, 6.07) is 17.1. The van der Waals surface area contributed by atoms with Crippen LogP contribution in [-0.4, -0.2) is 26.8 Å². The molecule has 0 spiro atoms. The van der Waals surface area contributed by atoms with Crippen molar-refractivity contribution in [3.05, 3.63) is 75.7 Å². The third kappa shape index (κ3) is 3.36. The van der Waals surface area contributed by atoms with Crippen molar-refractivity contribution in [2.75, 3.05) is 0 Å². The predicted molar refractivity (Wildman–Crippen MR) is 109 cm³/mol. The summed E-state index contributed by atoms with van der Waals surface area (Å²) in [5.41, 5.74) is 0.447. The number of aromatic amines is 1. The minimum atomic E-state index is -0.186. The van der Waals surface area contributed by atoms with Crippen LogP contribution in [0.25, 0.3) is 21.0 Å². The van der Waals surface area contributed by atoms with Crippen LogP contribution < -0.4 is 5.56 Å². The molecule has 0 fully saturated rings. The van der Waals surface area contributed by atoms with E-state index < -0.39 is 0 Å². The van der Waals surface area contributed by atoms with Gasteiger partial charge in [0.05, 0.1) is 22.3 Å². The van der Waals surface area contributed by atoms with Gasteiger partial charge in [0.2, 0.25) is 0 Å². The second-order valence-corrected chi connectivity index (χ2v) is 7.79. The van der Waals surface area contributed by atoms with Crippen molar-refractivity contribution in [1.82, 2.24) is 14.9 Å². The molecule has 0 bridgehead atoms. The number of benzene rings is 2. The zero-order valence-electron chi connectivity index (χ0n) is 15.1. The van der Waals surface area contributed by atoms with E-state index in [0.29, 0.717) is 21.6 Å². The van der Waals surface area contributed by atoms with Crippen molar-refractivity contribution in [2.45, 2.75) is 26.4 Å². The Labute approximate surface area is 160 Å². The van der Waals surface area contributed by atoms with E-state index in [4.69, 9.17) is 0 Å². The Hall–Kier alpha value is -2.99. The van der Waals surface area contributed by atoms with Gasteiger partial charge in [0.25, 0.3) is 11.5 Å². The molecule has 0 saturated carbocycles. The van der Waals surface area contributed by atoms with Crippen LogP contribution in [-0.2, 0) is 6.54 Å². The number of hydrogen-bond donors (Lipinski definition) is 1. The fraction of sp³-hybridized carbons (Fsp3) is 0.190. The lowest BCUT2D eigenvalue weighted by molar-refractivity contribution is 0.0690. The first kappa shape index (κ1) is 17.4. The highest BCUT2D eigenvalue weighted by molar-refractivity contribution is 7.20. The summed E-state index contributed by atoms with van der Waals surface area (Å²) in [5, 5.41) is 1.61. The molecule has 27 heavy (non-hydrogen) atoms. The number of carbonyl (C=O) groups is 1. The van der Waals surface area contributed by atoms with Crippen LogP contribution in [0, 0.1) is 0 Å². The van der Waals surface area contributed by atoms with Crippen molar-refractivity contribution in [3.63, 3.8) is 0 Å². The molecule has 6 heteroatoms. The number of fused-ring (bicyclic) bond motifs is 2. The molecule has 136 valence electrons. The number of rotatable bonds is 4. The second kappa shape index (κ2) is 6.96. The van der Waals surface area contributed by atoms with Crippen molar-refractivity contribution < 1.29 is 4.79 Å². The van der Waals surface area contributed by atoms with Crippen LogP contribution in [0.1, 0.15) is 29.3 Å². The standard InChI is InChI=1S/C21H19N3O2S/c1-13(2)24(21(26)18-11-14-7-3-6-10-17(14)27-18)12-19-22-16-9-5-4-8-15(16)20(25)23-19/h3-11,13H,12H2,1-2H3,(H,22,23,25). The van der Waals surface area contributed by atoms with E-state index >= 15 is 0 Å². The SMILES string of the molecule is CC(C)N(Cc1nc2ccccc2c(=O)[nH]1)C(=O)c1cc2ccccc2s1. The van der Waals surface area contributed by atoms with Crippen LogP contribution in [0.15, 0.2) is 59.4 Å². The van der Waals surface area contributed by atoms with Gasteiger partial charge in [0, 0.05) is 10.7 Å². The highest BCUT2D eigenvalue weighted by Gasteiger charge is 2.22. The van der Waals surface area contributed by atoms with E-state index in [2.05, 4.69) is 9.97 Å². The number of nitrogens with one attached hydrogen (secondary N) is 1. The minimum Gasteiger partial charge on any atom is -0.328 e. The monoisotopic (exact) mass is 377 g/mol. The highest BCUT2D eigenvalue weighted by atomic mass is 32.1. The molecular formula is C21H19N3O2S. The number of thiophene rings is 1. The van der Waals surface area contributed by atoms with Gasteiger partial charge in [-0.2, -0.15) is 0 Å². The van der Waals surface area contributed by atoms with Gasteiger partial charge in [-0.15, -0.1) is 11.3 Å². The molecule has 2 aromatic carbocycles. The zero-order chi connectivity index (χ0) is 19.0. The van der Waals surface area contributed by atoms with E-state index in [9.17, 15) is 9.59 Å². The summed E-state index contributed by atoms with van der Waals surface area (Å²) in [5.74, 6) is 0.434. The largest absolute Gasteiger partial charge is 0.328 e. The van der Waals surface area contributed by atoms with Gasteiger partial charge < -0.3 is 9.88 Å². The average molecular weight is 377 g/mol. The maximum Gasteiger partial charge on any atom is 0.264 e. The van der Waals surface area contributed by atoms with E-state index in [1.54, 1.807) is 11.0 Å². The predicted octanol–water partition coefficient (Wildman–Crippen LogP) is 4.19. The first-order valence-electron chi connectivity index (χ1n) is 8.80. The van der Waals surface area contributed by atoms with E-state index in [-0.39, 0.29) is 24.1 Å². The number of para-hydroxylation sites is 1. The van der Waals surface area contributed by atoms with Gasteiger partial charge in [-0.25, -0.2) is 4.98 Å². The molecule has 2 heterocycles. The summed E-state index contributed by atoms with van der Waals surface area (Å²) in [6.07, 6.45) is 0. The van der Waals surface area contributed by atoms with Crippen molar-refractivity contribution in [3.8, 4) is 0 Å². The number of H-pyrrole nitrogens is 1. The smallest absolute Gasteiger partial charge is 0.264 e. The summed E-state index contributed by atoms with van der Waals surface area (Å²) < 4.78 is 1.08. The number of amides is 1. The Morgan fingerprint density at radius 1 is 1.15 bits per heavy atom. The van der Waals surface area contributed by atoms with Crippen molar-refractivity contribution in [2.24, 2.45) is 0 Å². The molecule has 0 aliphatic carbocycles. The normalized spacial score (nSPS) is 11.4. The zero-order valence-corrected chi connectivity index (χ0v) is 15.9. The first-order valence-corrected chi connectivity index (χ1v) is 9.62. The topological polar surface area (TPSA) is 66.1 Å². The van der Waals surface area contributed by atoms with Gasteiger partial charge in [-0.05, 0) is 43.5 Å². The highest BCUT2D eigenvalue weighted by Crippen LogP contribution is 2.27. The fourth-order valence-electron chi connectivity index (χ4n) is 3.09. The van der Waals surface area contributed by atoms with Gasteiger partial charge in [-0.3, -0.25) is 9.59 Å². The fourth-order valence-corrected chi connectivity index (χ4v) is 4.11. The molecule has 0 aliphatic rings. The van der Waals surface area contributed by atoms with Crippen molar-refractivity contribution >= 4 is 38.2 Å². The van der Waals surface area contributed by atoms with Gasteiger partial charge in [-0.1, -0.05) is 30.3 Å². The molecule has 1 N–H and O–H groups in total. The minimum absolute atomic E-state index is 0.0283. The lowest BCUT2D eigenvalue weighted by Crippen LogP contribution is -2.37. The Bertz CT molecular complexity index is 1160. The van der Waals surface area contributed by atoms with Crippen LogP contribution in [0.3, 0.4) is 0 Å². The molecule has 0 saturated heterocycles. The molecule has 1 amide bonds. The van der Waals surface area contributed by atoms with E-state index in [1.807, 2.05) is 62.4 Å². The van der Waals surface area contributed by atoms with Gasteiger partial charge in [0.15, 0.2) is 0 Å². The summed E-state index contributed by atoms with van der Waals surface area (Å²) in [6.45, 7) is 4.18. The molecule has 2 aromatic heterocycles. The molecular weight excluding hydrogens is 358 g/mol.